The zero-order valence-electron chi connectivity index (χ0n) is 15.0. The Bertz CT molecular complexity index is 1020. The van der Waals surface area contributed by atoms with Gasteiger partial charge in [-0.05, 0) is 45.8 Å². The molecule has 6 nitrogen and oxygen atoms in total. The summed E-state index contributed by atoms with van der Waals surface area (Å²) in [4.78, 5) is 12.7. The number of hydrogen-bond donors (Lipinski definition) is 1. The Morgan fingerprint density at radius 2 is 1.96 bits per heavy atom. The third-order valence-electron chi connectivity index (χ3n) is 3.95. The number of methoxy groups -OCH3 is 2. The lowest BCUT2D eigenvalue weighted by molar-refractivity contribution is 0.102. The summed E-state index contributed by atoms with van der Waals surface area (Å²) < 4.78 is 12.7. The van der Waals surface area contributed by atoms with Crippen LogP contribution in [0.4, 0.5) is 5.82 Å². The first-order valence-corrected chi connectivity index (χ1v) is 9.66. The van der Waals surface area contributed by atoms with E-state index in [1.54, 1.807) is 48.3 Å². The number of carbonyl (C=O) groups excluding carboxylic acids is 1. The van der Waals surface area contributed by atoms with Crippen molar-refractivity contribution in [3.8, 4) is 11.5 Å². The molecule has 3 aromatic rings. The van der Waals surface area contributed by atoms with Crippen LogP contribution in [0.25, 0.3) is 0 Å². The van der Waals surface area contributed by atoms with E-state index in [1.165, 1.54) is 7.11 Å². The second kappa shape index (κ2) is 8.86. The fourth-order valence-electron chi connectivity index (χ4n) is 2.55. The minimum Gasteiger partial charge on any atom is -0.497 e. The Labute approximate surface area is 180 Å². The monoisotopic (exact) mass is 483 g/mol. The number of benzene rings is 2. The maximum atomic E-state index is 12.7. The molecule has 9 heteroatoms. The highest BCUT2D eigenvalue weighted by molar-refractivity contribution is 9.10. The van der Waals surface area contributed by atoms with Crippen LogP contribution in [0.1, 0.15) is 15.9 Å². The van der Waals surface area contributed by atoms with Crippen LogP contribution in [0.15, 0.2) is 47.1 Å². The number of halogens is 3. The van der Waals surface area contributed by atoms with Crippen molar-refractivity contribution in [1.29, 1.82) is 0 Å². The molecule has 0 aliphatic rings. The van der Waals surface area contributed by atoms with Gasteiger partial charge in [-0.1, -0.05) is 29.3 Å². The summed E-state index contributed by atoms with van der Waals surface area (Å²) in [5.41, 5.74) is 1.22. The number of rotatable bonds is 6. The average molecular weight is 485 g/mol. The summed E-state index contributed by atoms with van der Waals surface area (Å²) in [6.45, 7) is 0.427. The number of carbonyl (C=O) groups is 1. The van der Waals surface area contributed by atoms with E-state index in [9.17, 15) is 4.79 Å². The zero-order valence-corrected chi connectivity index (χ0v) is 18.1. The molecule has 0 radical (unpaired) electrons. The van der Waals surface area contributed by atoms with Crippen molar-refractivity contribution in [3.63, 3.8) is 0 Å². The Morgan fingerprint density at radius 1 is 1.18 bits per heavy atom. The van der Waals surface area contributed by atoms with E-state index in [4.69, 9.17) is 32.7 Å². The van der Waals surface area contributed by atoms with Crippen LogP contribution < -0.4 is 14.8 Å². The molecule has 0 saturated carbocycles. The predicted molar refractivity (Wildman–Crippen MR) is 113 cm³/mol. The van der Waals surface area contributed by atoms with Crippen LogP contribution in [0.5, 0.6) is 11.5 Å². The first-order chi connectivity index (χ1) is 13.4. The van der Waals surface area contributed by atoms with E-state index in [0.717, 1.165) is 5.56 Å². The second-order valence-corrected chi connectivity index (χ2v) is 7.48. The summed E-state index contributed by atoms with van der Waals surface area (Å²) >= 11 is 15.6. The molecule has 0 fully saturated rings. The molecular weight excluding hydrogens is 469 g/mol. The van der Waals surface area contributed by atoms with Gasteiger partial charge in [0.25, 0.3) is 5.91 Å². The third-order valence-corrected chi connectivity index (χ3v) is 5.12. The number of nitrogens with zero attached hydrogens (tertiary/aromatic N) is 2. The molecular formula is C19H16BrCl2N3O3. The van der Waals surface area contributed by atoms with Crippen LogP contribution >= 0.6 is 39.1 Å². The fourth-order valence-corrected chi connectivity index (χ4v) is 3.43. The van der Waals surface area contributed by atoms with Gasteiger partial charge in [0.2, 0.25) is 0 Å². The van der Waals surface area contributed by atoms with E-state index in [1.807, 2.05) is 6.07 Å². The number of hydrogen-bond acceptors (Lipinski definition) is 4. The molecule has 0 atom stereocenters. The van der Waals surface area contributed by atoms with Crippen LogP contribution in [-0.2, 0) is 6.54 Å². The van der Waals surface area contributed by atoms with Crippen molar-refractivity contribution < 1.29 is 14.3 Å². The first kappa shape index (κ1) is 20.5. The van der Waals surface area contributed by atoms with Gasteiger partial charge < -0.3 is 14.8 Å². The van der Waals surface area contributed by atoms with Gasteiger partial charge in [0.1, 0.15) is 11.5 Å². The molecule has 0 aliphatic carbocycles. The number of anilines is 1. The number of nitrogens with one attached hydrogen (secondary N) is 1. The quantitative estimate of drug-likeness (QED) is 0.517. The normalized spacial score (nSPS) is 10.6. The van der Waals surface area contributed by atoms with Gasteiger partial charge in [0, 0.05) is 22.3 Å². The molecule has 0 unspecified atom stereocenters. The van der Waals surface area contributed by atoms with Crippen molar-refractivity contribution >= 4 is 50.9 Å². The van der Waals surface area contributed by atoms with E-state index in [-0.39, 0.29) is 5.91 Å². The van der Waals surface area contributed by atoms with E-state index in [0.29, 0.717) is 43.9 Å². The molecule has 3 rings (SSSR count). The molecule has 0 bridgehead atoms. The van der Waals surface area contributed by atoms with Gasteiger partial charge in [0.15, 0.2) is 5.82 Å². The van der Waals surface area contributed by atoms with Crippen molar-refractivity contribution in [3.05, 3.63) is 68.2 Å². The van der Waals surface area contributed by atoms with Crippen LogP contribution in [0.2, 0.25) is 10.0 Å². The molecule has 1 amide bonds. The third kappa shape index (κ3) is 4.60. The summed E-state index contributed by atoms with van der Waals surface area (Å²) in [6, 6.07) is 10.2. The average Bonchev–Trinajstić information content (AvgIpc) is 3.02. The van der Waals surface area contributed by atoms with Crippen molar-refractivity contribution in [2.24, 2.45) is 0 Å². The Kier molecular flexibility index (Phi) is 6.49. The van der Waals surface area contributed by atoms with Gasteiger partial charge in [-0.15, -0.1) is 0 Å². The Morgan fingerprint density at radius 3 is 2.64 bits per heavy atom. The van der Waals surface area contributed by atoms with Crippen molar-refractivity contribution in [1.82, 2.24) is 9.78 Å². The molecule has 1 N–H and O–H groups in total. The highest BCUT2D eigenvalue weighted by atomic mass is 79.9. The van der Waals surface area contributed by atoms with Gasteiger partial charge in [-0.25, -0.2) is 0 Å². The molecule has 28 heavy (non-hydrogen) atoms. The maximum absolute atomic E-state index is 12.7. The lowest BCUT2D eigenvalue weighted by Gasteiger charge is -2.10. The van der Waals surface area contributed by atoms with Crippen LogP contribution in [0.3, 0.4) is 0 Å². The standard InChI is InChI=1S/C19H16BrCl2N3O3/c1-27-13-5-6-14(17(8-13)28-2)19(26)23-18-15(20)10-25(24-18)9-11-3-4-12(21)7-16(11)22/h3-8,10H,9H2,1-2H3,(H,23,24,26). The molecule has 0 spiro atoms. The fraction of sp³-hybridized carbons (Fsp3) is 0.158. The number of ether oxygens (including phenoxy) is 2. The van der Waals surface area contributed by atoms with E-state index in [2.05, 4.69) is 26.3 Å². The lowest BCUT2D eigenvalue weighted by Crippen LogP contribution is -2.14. The van der Waals surface area contributed by atoms with E-state index >= 15 is 0 Å². The molecule has 0 saturated heterocycles. The molecule has 0 aliphatic heterocycles. The Balaban J connectivity index is 1.79. The van der Waals surface area contributed by atoms with Gasteiger partial charge >= 0.3 is 0 Å². The number of amides is 1. The summed E-state index contributed by atoms with van der Waals surface area (Å²) in [5, 5.41) is 8.30. The minimum absolute atomic E-state index is 0.352. The molecule has 1 aromatic heterocycles. The summed E-state index contributed by atoms with van der Waals surface area (Å²) in [7, 11) is 3.04. The van der Waals surface area contributed by atoms with Gasteiger partial charge in [-0.3, -0.25) is 9.48 Å². The molecule has 146 valence electrons. The lowest BCUT2D eigenvalue weighted by atomic mass is 10.1. The minimum atomic E-state index is -0.352. The zero-order chi connectivity index (χ0) is 20.3. The van der Waals surface area contributed by atoms with E-state index < -0.39 is 0 Å². The predicted octanol–water partition coefficient (Wildman–Crippen LogP) is 5.27. The van der Waals surface area contributed by atoms with Crippen molar-refractivity contribution in [2.45, 2.75) is 6.54 Å². The van der Waals surface area contributed by atoms with Gasteiger partial charge in [0.05, 0.1) is 30.8 Å². The highest BCUT2D eigenvalue weighted by Crippen LogP contribution is 2.28. The second-order valence-electron chi connectivity index (χ2n) is 5.78. The number of aromatic nitrogens is 2. The smallest absolute Gasteiger partial charge is 0.260 e. The summed E-state index contributed by atoms with van der Waals surface area (Å²) in [5.74, 6) is 1.03. The van der Waals surface area contributed by atoms with Crippen molar-refractivity contribution in [2.75, 3.05) is 19.5 Å². The summed E-state index contributed by atoms with van der Waals surface area (Å²) in [6.07, 6.45) is 1.76. The van der Waals surface area contributed by atoms with Crippen LogP contribution in [0, 0.1) is 0 Å². The largest absolute Gasteiger partial charge is 0.497 e. The molecule has 1 heterocycles. The molecule has 2 aromatic carbocycles. The first-order valence-electron chi connectivity index (χ1n) is 8.11. The highest BCUT2D eigenvalue weighted by Gasteiger charge is 2.17. The Hall–Kier alpha value is -2.22. The SMILES string of the molecule is COc1ccc(C(=O)Nc2nn(Cc3ccc(Cl)cc3Cl)cc2Br)c(OC)c1. The van der Waals surface area contributed by atoms with Gasteiger partial charge in [-0.2, -0.15) is 5.10 Å². The maximum Gasteiger partial charge on any atom is 0.260 e. The topological polar surface area (TPSA) is 65.4 Å². The van der Waals surface area contributed by atoms with Crippen LogP contribution in [-0.4, -0.2) is 29.9 Å².